The van der Waals surface area contributed by atoms with Crippen molar-refractivity contribution < 1.29 is 4.74 Å². The first-order valence-electron chi connectivity index (χ1n) is 6.85. The molecule has 0 aromatic heterocycles. The van der Waals surface area contributed by atoms with E-state index in [9.17, 15) is 0 Å². The molecule has 0 N–H and O–H groups in total. The summed E-state index contributed by atoms with van der Waals surface area (Å²) in [4.78, 5) is 0. The summed E-state index contributed by atoms with van der Waals surface area (Å²) < 4.78 is 7.13. The Morgan fingerprint density at radius 1 is 1.32 bits per heavy atom. The highest BCUT2D eigenvalue weighted by molar-refractivity contribution is 14.1. The van der Waals surface area contributed by atoms with Gasteiger partial charge in [-0.25, -0.2) is 0 Å². The molecule has 19 heavy (non-hydrogen) atoms. The number of hydrogen-bond acceptors (Lipinski definition) is 1. The molecule has 2 aliphatic carbocycles. The molecule has 0 radical (unpaired) electrons. The number of ether oxygens (including phenoxy) is 1. The van der Waals surface area contributed by atoms with Gasteiger partial charge >= 0.3 is 0 Å². The molecule has 0 bridgehead atoms. The van der Waals surface area contributed by atoms with Crippen LogP contribution in [-0.2, 0) is 0 Å². The Bertz CT molecular complexity index is 594. The van der Waals surface area contributed by atoms with E-state index in [1.165, 1.54) is 32.3 Å². The lowest BCUT2D eigenvalue weighted by Crippen LogP contribution is -1.98. The molecule has 0 atom stereocenters. The first-order chi connectivity index (χ1) is 9.29. The number of halogens is 1. The highest BCUT2D eigenvalue weighted by Crippen LogP contribution is 2.42. The molecule has 1 nitrogen and oxygen atoms in total. The van der Waals surface area contributed by atoms with Gasteiger partial charge in [0, 0.05) is 3.57 Å². The van der Waals surface area contributed by atoms with Crippen LogP contribution in [0.4, 0.5) is 0 Å². The van der Waals surface area contributed by atoms with Crippen LogP contribution in [0, 0.1) is 3.57 Å². The molecule has 1 aromatic rings. The van der Waals surface area contributed by atoms with Crippen LogP contribution < -0.4 is 4.74 Å². The first-order valence-corrected chi connectivity index (χ1v) is 7.93. The van der Waals surface area contributed by atoms with Crippen LogP contribution >= 0.6 is 22.6 Å². The van der Waals surface area contributed by atoms with Crippen LogP contribution in [0.2, 0.25) is 0 Å². The summed E-state index contributed by atoms with van der Waals surface area (Å²) in [6.07, 6.45) is 12.4. The smallest absolute Gasteiger partial charge is 0.121 e. The fourth-order valence-corrected chi connectivity index (χ4v) is 3.27. The van der Waals surface area contributed by atoms with Crippen molar-refractivity contribution in [1.82, 2.24) is 0 Å². The average molecular weight is 364 g/mol. The molecule has 0 spiro atoms. The largest absolute Gasteiger partial charge is 0.494 e. The molecule has 0 amide bonds. The monoisotopic (exact) mass is 364 g/mol. The third kappa shape index (κ3) is 2.50. The van der Waals surface area contributed by atoms with Crippen LogP contribution in [0.25, 0.3) is 11.6 Å². The van der Waals surface area contributed by atoms with Crippen LogP contribution in [0.1, 0.15) is 37.3 Å². The second-order valence-electron chi connectivity index (χ2n) is 4.92. The van der Waals surface area contributed by atoms with Gasteiger partial charge in [-0.2, -0.15) is 0 Å². The van der Waals surface area contributed by atoms with Gasteiger partial charge in [-0.1, -0.05) is 31.6 Å². The van der Waals surface area contributed by atoms with E-state index in [4.69, 9.17) is 4.74 Å². The third-order valence-electron chi connectivity index (χ3n) is 3.53. The Morgan fingerprint density at radius 3 is 3.05 bits per heavy atom. The highest BCUT2D eigenvalue weighted by atomic mass is 127. The van der Waals surface area contributed by atoms with Crippen molar-refractivity contribution in [3.05, 3.63) is 50.6 Å². The minimum absolute atomic E-state index is 0.810. The minimum Gasteiger partial charge on any atom is -0.494 e. The predicted octanol–water partition coefficient (Wildman–Crippen LogP) is 5.21. The van der Waals surface area contributed by atoms with Gasteiger partial charge in [0.25, 0.3) is 0 Å². The SMILES string of the molecule is CCCCOc1cc(I)c2c(c1)C1=CCC=CC1=C2. The summed E-state index contributed by atoms with van der Waals surface area (Å²) in [6, 6.07) is 4.34. The van der Waals surface area contributed by atoms with Crippen molar-refractivity contribution in [2.75, 3.05) is 6.61 Å². The molecule has 3 rings (SSSR count). The van der Waals surface area contributed by atoms with E-state index in [2.05, 4.69) is 66.0 Å². The summed E-state index contributed by atoms with van der Waals surface area (Å²) in [5, 5.41) is 0. The standard InChI is InChI=1S/C17H17IO/c1-2-3-8-19-13-10-15-14-7-5-4-6-12(14)9-16(15)17(18)11-13/h4,6-7,9-11H,2-3,5,8H2,1H3. The lowest BCUT2D eigenvalue weighted by atomic mass is 9.98. The van der Waals surface area contributed by atoms with Gasteiger partial charge in [-0.3, -0.25) is 0 Å². The van der Waals surface area contributed by atoms with E-state index < -0.39 is 0 Å². The van der Waals surface area contributed by atoms with Crippen LogP contribution in [0.3, 0.4) is 0 Å². The number of allylic oxidation sites excluding steroid dienone is 5. The van der Waals surface area contributed by atoms with E-state index in [1.807, 2.05) is 0 Å². The van der Waals surface area contributed by atoms with Gasteiger partial charge in [-0.05, 0) is 75.9 Å². The average Bonchev–Trinajstić information content (AvgIpc) is 2.79. The molecule has 0 heterocycles. The first kappa shape index (κ1) is 13.0. The quantitative estimate of drug-likeness (QED) is 0.526. The van der Waals surface area contributed by atoms with Crippen LogP contribution in [-0.4, -0.2) is 6.61 Å². The Kier molecular flexibility index (Phi) is 3.78. The fraction of sp³-hybridized carbons (Fsp3) is 0.294. The zero-order valence-electron chi connectivity index (χ0n) is 11.1. The van der Waals surface area contributed by atoms with Crippen molar-refractivity contribution in [3.8, 4) is 5.75 Å². The molecule has 0 fully saturated rings. The lowest BCUT2D eigenvalue weighted by molar-refractivity contribution is 0.309. The molecule has 1 aromatic carbocycles. The van der Waals surface area contributed by atoms with Crippen molar-refractivity contribution in [1.29, 1.82) is 0 Å². The molecule has 2 heteroatoms. The zero-order chi connectivity index (χ0) is 13.2. The number of rotatable bonds is 4. The second-order valence-corrected chi connectivity index (χ2v) is 6.09. The maximum atomic E-state index is 5.86. The van der Waals surface area contributed by atoms with Crippen LogP contribution in [0.15, 0.2) is 35.9 Å². The highest BCUT2D eigenvalue weighted by Gasteiger charge is 2.21. The third-order valence-corrected chi connectivity index (χ3v) is 4.42. The topological polar surface area (TPSA) is 9.23 Å². The van der Waals surface area contributed by atoms with Crippen molar-refractivity contribution in [2.45, 2.75) is 26.2 Å². The van der Waals surface area contributed by atoms with Gasteiger partial charge in [-0.15, -0.1) is 0 Å². The van der Waals surface area contributed by atoms with Gasteiger partial charge < -0.3 is 4.74 Å². The Balaban J connectivity index is 1.93. The van der Waals surface area contributed by atoms with Gasteiger partial charge in [0.1, 0.15) is 5.75 Å². The zero-order valence-corrected chi connectivity index (χ0v) is 13.2. The lowest BCUT2D eigenvalue weighted by Gasteiger charge is -2.12. The van der Waals surface area contributed by atoms with Crippen LogP contribution in [0.5, 0.6) is 5.75 Å². The molecule has 2 aliphatic rings. The Hall–Kier alpha value is -1.03. The van der Waals surface area contributed by atoms with Crippen molar-refractivity contribution in [3.63, 3.8) is 0 Å². The molecular formula is C17H17IO. The summed E-state index contributed by atoms with van der Waals surface area (Å²) in [5.74, 6) is 1.00. The summed E-state index contributed by atoms with van der Waals surface area (Å²) >= 11 is 2.41. The molecule has 0 unspecified atom stereocenters. The fourth-order valence-electron chi connectivity index (χ4n) is 2.52. The molecule has 0 saturated carbocycles. The number of benzene rings is 1. The molecule has 0 aliphatic heterocycles. The van der Waals surface area contributed by atoms with Crippen molar-refractivity contribution >= 4 is 34.2 Å². The number of hydrogen-bond donors (Lipinski definition) is 0. The maximum absolute atomic E-state index is 5.86. The van der Waals surface area contributed by atoms with E-state index in [0.29, 0.717) is 0 Å². The molecular weight excluding hydrogens is 347 g/mol. The second kappa shape index (κ2) is 5.53. The maximum Gasteiger partial charge on any atom is 0.121 e. The van der Waals surface area contributed by atoms with Crippen molar-refractivity contribution in [2.24, 2.45) is 0 Å². The van der Waals surface area contributed by atoms with E-state index in [0.717, 1.165) is 25.2 Å². The minimum atomic E-state index is 0.810. The number of unbranched alkanes of at least 4 members (excludes halogenated alkanes) is 1. The Labute approximate surface area is 128 Å². The van der Waals surface area contributed by atoms with Gasteiger partial charge in [0.2, 0.25) is 0 Å². The molecule has 0 saturated heterocycles. The van der Waals surface area contributed by atoms with E-state index in [1.54, 1.807) is 0 Å². The van der Waals surface area contributed by atoms with Gasteiger partial charge in [0.15, 0.2) is 0 Å². The molecule has 98 valence electrons. The van der Waals surface area contributed by atoms with E-state index in [-0.39, 0.29) is 0 Å². The number of fused-ring (bicyclic) bond motifs is 3. The normalized spacial score (nSPS) is 15.7. The summed E-state index contributed by atoms with van der Waals surface area (Å²) in [7, 11) is 0. The summed E-state index contributed by atoms with van der Waals surface area (Å²) in [5.41, 5.74) is 5.38. The summed E-state index contributed by atoms with van der Waals surface area (Å²) in [6.45, 7) is 3.00. The predicted molar refractivity (Wildman–Crippen MR) is 89.3 cm³/mol. The van der Waals surface area contributed by atoms with Gasteiger partial charge in [0.05, 0.1) is 6.61 Å². The van der Waals surface area contributed by atoms with E-state index >= 15 is 0 Å². The Morgan fingerprint density at radius 2 is 2.21 bits per heavy atom.